The van der Waals surface area contributed by atoms with Crippen molar-refractivity contribution in [2.45, 2.75) is 46.8 Å². The highest BCUT2D eigenvalue weighted by Gasteiger charge is 2.13. The van der Waals surface area contributed by atoms with Crippen LogP contribution in [0.1, 0.15) is 58.6 Å². The monoisotopic (exact) mass is 443 g/mol. The molecule has 1 N–H and O–H groups in total. The fourth-order valence-electron chi connectivity index (χ4n) is 3.63. The molecule has 170 valence electrons. The second kappa shape index (κ2) is 9.77. The number of aryl methyl sites for hydroxylation is 2. The number of rotatable bonds is 8. The number of carbonyl (C=O) groups excluding carboxylic acids is 1. The van der Waals surface area contributed by atoms with Gasteiger partial charge in [-0.3, -0.25) is 9.48 Å². The second-order valence-electron chi connectivity index (χ2n) is 8.52. The second-order valence-corrected chi connectivity index (χ2v) is 8.52. The van der Waals surface area contributed by atoms with Gasteiger partial charge in [-0.15, -0.1) is 0 Å². The average molecular weight is 444 g/mol. The maximum absolute atomic E-state index is 12.7. The molecule has 6 nitrogen and oxygen atoms in total. The third-order valence-electron chi connectivity index (χ3n) is 5.43. The molecule has 0 bridgehead atoms. The van der Waals surface area contributed by atoms with Crippen molar-refractivity contribution in [1.29, 1.82) is 0 Å². The lowest BCUT2D eigenvalue weighted by molar-refractivity contribution is 0.0992. The molecule has 0 atom stereocenters. The summed E-state index contributed by atoms with van der Waals surface area (Å²) in [5.41, 5.74) is 5.11. The number of anilines is 1. The van der Waals surface area contributed by atoms with Crippen LogP contribution < -0.4 is 10.1 Å². The molecule has 0 saturated carbocycles. The van der Waals surface area contributed by atoms with Crippen molar-refractivity contribution < 1.29 is 13.9 Å². The quantitative estimate of drug-likeness (QED) is 0.357. The number of hydrogen-bond acceptors (Lipinski definition) is 4. The predicted molar refractivity (Wildman–Crippen MR) is 129 cm³/mol. The van der Waals surface area contributed by atoms with E-state index in [2.05, 4.69) is 36.4 Å². The highest BCUT2D eigenvalue weighted by atomic mass is 16.5. The number of ether oxygens (including phenoxy) is 1. The first-order valence-electron chi connectivity index (χ1n) is 11.1. The Labute approximate surface area is 194 Å². The number of amides is 1. The molecule has 2 heterocycles. The zero-order chi connectivity index (χ0) is 23.4. The molecule has 4 rings (SSSR count). The van der Waals surface area contributed by atoms with Crippen LogP contribution >= 0.6 is 0 Å². The summed E-state index contributed by atoms with van der Waals surface area (Å²) in [5, 5.41) is 7.41. The predicted octanol–water partition coefficient (Wildman–Crippen LogP) is 6.10. The summed E-state index contributed by atoms with van der Waals surface area (Å²) >= 11 is 0. The van der Waals surface area contributed by atoms with E-state index in [4.69, 9.17) is 9.15 Å². The van der Waals surface area contributed by atoms with Crippen molar-refractivity contribution in [3.05, 3.63) is 101 Å². The number of benzene rings is 2. The number of nitrogens with one attached hydrogen (secondary N) is 1. The third-order valence-corrected chi connectivity index (χ3v) is 5.43. The zero-order valence-electron chi connectivity index (χ0n) is 19.5. The lowest BCUT2D eigenvalue weighted by Crippen LogP contribution is -2.11. The molecule has 0 aliphatic rings. The minimum atomic E-state index is -0.300. The van der Waals surface area contributed by atoms with Gasteiger partial charge in [-0.2, -0.15) is 5.10 Å². The molecule has 33 heavy (non-hydrogen) atoms. The summed E-state index contributed by atoms with van der Waals surface area (Å²) in [5.74, 6) is 1.77. The van der Waals surface area contributed by atoms with Gasteiger partial charge >= 0.3 is 0 Å². The van der Waals surface area contributed by atoms with Crippen LogP contribution in [0.3, 0.4) is 0 Å². The average Bonchev–Trinajstić information content (AvgIpc) is 3.39. The van der Waals surface area contributed by atoms with Crippen LogP contribution in [0.5, 0.6) is 5.75 Å². The van der Waals surface area contributed by atoms with Crippen LogP contribution in [0.15, 0.2) is 71.1 Å². The Morgan fingerprint density at radius 2 is 1.85 bits per heavy atom. The van der Waals surface area contributed by atoms with Gasteiger partial charge in [0.2, 0.25) is 0 Å². The van der Waals surface area contributed by atoms with E-state index in [1.54, 1.807) is 12.1 Å². The van der Waals surface area contributed by atoms with Gasteiger partial charge in [-0.1, -0.05) is 38.1 Å². The van der Waals surface area contributed by atoms with E-state index in [0.717, 1.165) is 22.7 Å². The first kappa shape index (κ1) is 22.4. The van der Waals surface area contributed by atoms with Crippen molar-refractivity contribution in [2.24, 2.45) is 0 Å². The van der Waals surface area contributed by atoms with Gasteiger partial charge in [0, 0.05) is 11.4 Å². The van der Waals surface area contributed by atoms with Crippen molar-refractivity contribution in [3.63, 3.8) is 0 Å². The van der Waals surface area contributed by atoms with Crippen LogP contribution in [0.4, 0.5) is 5.69 Å². The fourth-order valence-corrected chi connectivity index (χ4v) is 3.63. The van der Waals surface area contributed by atoms with Crippen LogP contribution in [0.25, 0.3) is 0 Å². The van der Waals surface area contributed by atoms with Gasteiger partial charge in [0.05, 0.1) is 12.2 Å². The van der Waals surface area contributed by atoms with Crippen molar-refractivity contribution >= 4 is 11.6 Å². The largest absolute Gasteiger partial charge is 0.486 e. The van der Waals surface area contributed by atoms with Crippen molar-refractivity contribution in [3.8, 4) is 5.75 Å². The van der Waals surface area contributed by atoms with Gasteiger partial charge < -0.3 is 14.5 Å². The SMILES string of the molecule is Cc1cc(C)n(Cc2cccc(NC(=O)c3ccc(COc4ccc(C(C)C)cc4)o3)c2)n1. The summed E-state index contributed by atoms with van der Waals surface area (Å²) < 4.78 is 13.4. The zero-order valence-corrected chi connectivity index (χ0v) is 19.5. The Bertz CT molecular complexity index is 1240. The molecule has 2 aromatic carbocycles. The van der Waals surface area contributed by atoms with Crippen molar-refractivity contribution in [1.82, 2.24) is 9.78 Å². The van der Waals surface area contributed by atoms with Crippen molar-refractivity contribution in [2.75, 3.05) is 5.32 Å². The van der Waals surface area contributed by atoms with E-state index in [-0.39, 0.29) is 18.3 Å². The van der Waals surface area contributed by atoms with Crippen LogP contribution in [0.2, 0.25) is 0 Å². The summed E-state index contributed by atoms with van der Waals surface area (Å²) in [4.78, 5) is 12.7. The Hall–Kier alpha value is -3.80. The lowest BCUT2D eigenvalue weighted by atomic mass is 10.0. The topological polar surface area (TPSA) is 69.3 Å². The summed E-state index contributed by atoms with van der Waals surface area (Å²) in [6.45, 7) is 9.22. The van der Waals surface area contributed by atoms with E-state index in [1.165, 1.54) is 5.56 Å². The molecule has 0 saturated heterocycles. The van der Waals surface area contributed by atoms with E-state index >= 15 is 0 Å². The molecular weight excluding hydrogens is 414 g/mol. The van der Waals surface area contributed by atoms with Gasteiger partial charge in [-0.25, -0.2) is 0 Å². The summed E-state index contributed by atoms with van der Waals surface area (Å²) in [6, 6.07) is 21.2. The van der Waals surface area contributed by atoms with Crippen LogP contribution in [-0.2, 0) is 13.2 Å². The Kier molecular flexibility index (Phi) is 6.63. The Balaban J connectivity index is 1.35. The first-order valence-corrected chi connectivity index (χ1v) is 11.1. The molecule has 0 aliphatic carbocycles. The molecule has 6 heteroatoms. The molecule has 0 unspecified atom stereocenters. The molecule has 0 fully saturated rings. The minimum absolute atomic E-state index is 0.243. The number of carbonyl (C=O) groups is 1. The molecule has 0 aliphatic heterocycles. The van der Waals surface area contributed by atoms with Gasteiger partial charge in [0.25, 0.3) is 5.91 Å². The first-order chi connectivity index (χ1) is 15.9. The third kappa shape index (κ3) is 5.71. The van der Waals surface area contributed by atoms with Crippen LogP contribution in [0, 0.1) is 13.8 Å². The van der Waals surface area contributed by atoms with E-state index in [0.29, 0.717) is 23.9 Å². The maximum atomic E-state index is 12.7. The molecule has 2 aromatic heterocycles. The molecule has 1 amide bonds. The van der Waals surface area contributed by atoms with Crippen LogP contribution in [-0.4, -0.2) is 15.7 Å². The number of aromatic nitrogens is 2. The lowest BCUT2D eigenvalue weighted by Gasteiger charge is -2.08. The molecule has 4 aromatic rings. The highest BCUT2D eigenvalue weighted by molar-refractivity contribution is 6.02. The molecule has 0 spiro atoms. The van der Waals surface area contributed by atoms with Gasteiger partial charge in [0.1, 0.15) is 18.1 Å². The number of hydrogen-bond donors (Lipinski definition) is 1. The normalized spacial score (nSPS) is 11.1. The maximum Gasteiger partial charge on any atom is 0.291 e. The molecular formula is C27H29N3O3. The molecule has 0 radical (unpaired) electrons. The number of furan rings is 1. The van der Waals surface area contributed by atoms with E-state index < -0.39 is 0 Å². The standard InChI is InChI=1S/C27H29N3O3/c1-18(2)22-8-10-24(11-9-22)32-17-25-12-13-26(33-25)27(31)28-23-7-5-6-21(15-23)16-30-20(4)14-19(3)29-30/h5-15,18H,16-17H2,1-4H3,(H,28,31). The smallest absolute Gasteiger partial charge is 0.291 e. The van der Waals surface area contributed by atoms with Gasteiger partial charge in [0.15, 0.2) is 5.76 Å². The van der Waals surface area contributed by atoms with E-state index in [9.17, 15) is 4.79 Å². The minimum Gasteiger partial charge on any atom is -0.486 e. The summed E-state index contributed by atoms with van der Waals surface area (Å²) in [6.07, 6.45) is 0. The summed E-state index contributed by atoms with van der Waals surface area (Å²) in [7, 11) is 0. The van der Waals surface area contributed by atoms with E-state index in [1.807, 2.05) is 61.0 Å². The fraction of sp³-hybridized carbons (Fsp3) is 0.259. The Morgan fingerprint density at radius 1 is 1.06 bits per heavy atom. The Morgan fingerprint density at radius 3 is 2.55 bits per heavy atom. The highest BCUT2D eigenvalue weighted by Crippen LogP contribution is 2.20. The van der Waals surface area contributed by atoms with Gasteiger partial charge in [-0.05, 0) is 73.4 Å². The number of nitrogens with zero attached hydrogens (tertiary/aromatic N) is 2.